The molecule has 2 rings (SSSR count). The summed E-state index contributed by atoms with van der Waals surface area (Å²) < 4.78 is 6.57. The van der Waals surface area contributed by atoms with Crippen LogP contribution in [0.5, 0.6) is 11.6 Å². The molecule has 3 nitrogen and oxygen atoms in total. The summed E-state index contributed by atoms with van der Waals surface area (Å²) >= 11 is 9.31. The van der Waals surface area contributed by atoms with E-state index in [2.05, 4.69) is 20.9 Å². The number of aromatic nitrogens is 1. The van der Waals surface area contributed by atoms with Crippen LogP contribution in [-0.2, 0) is 13.0 Å². The van der Waals surface area contributed by atoms with Crippen molar-refractivity contribution in [1.82, 2.24) is 4.98 Å². The minimum absolute atomic E-state index is 0.466. The topological polar surface area (TPSA) is 48.1 Å². The number of nitrogens with zero attached hydrogens (tertiary/aromatic N) is 1. The third-order valence-corrected chi connectivity index (χ3v) is 3.48. The van der Waals surface area contributed by atoms with E-state index in [1.807, 2.05) is 19.1 Å². The molecule has 0 bridgehead atoms. The Morgan fingerprint density at radius 3 is 2.74 bits per heavy atom. The van der Waals surface area contributed by atoms with Crippen molar-refractivity contribution in [1.29, 1.82) is 0 Å². The molecule has 5 heteroatoms. The lowest BCUT2D eigenvalue weighted by Gasteiger charge is -2.10. The van der Waals surface area contributed by atoms with Crippen molar-refractivity contribution in [3.05, 3.63) is 51.1 Å². The highest BCUT2D eigenvalue weighted by atomic mass is 79.9. The maximum Gasteiger partial charge on any atom is 0.219 e. The lowest BCUT2D eigenvalue weighted by atomic mass is 10.2. The van der Waals surface area contributed by atoms with E-state index in [9.17, 15) is 0 Å². The summed E-state index contributed by atoms with van der Waals surface area (Å²) in [5.74, 6) is 1.22. The van der Waals surface area contributed by atoms with Crippen molar-refractivity contribution in [2.24, 2.45) is 5.73 Å². The molecular formula is C14H14BrClN2O. The van der Waals surface area contributed by atoms with Crippen LogP contribution < -0.4 is 10.5 Å². The molecule has 2 aromatic rings. The number of hydrogen-bond acceptors (Lipinski definition) is 3. The molecule has 0 saturated heterocycles. The van der Waals surface area contributed by atoms with Gasteiger partial charge in [-0.1, -0.05) is 18.5 Å². The fourth-order valence-corrected chi connectivity index (χ4v) is 2.41. The maximum atomic E-state index is 5.90. The lowest BCUT2D eigenvalue weighted by molar-refractivity contribution is 0.457. The monoisotopic (exact) mass is 340 g/mol. The van der Waals surface area contributed by atoms with Gasteiger partial charge in [0.1, 0.15) is 5.75 Å². The van der Waals surface area contributed by atoms with Crippen molar-refractivity contribution < 1.29 is 4.74 Å². The number of halogens is 2. The van der Waals surface area contributed by atoms with E-state index in [0.717, 1.165) is 22.2 Å². The number of aryl methyl sites for hydroxylation is 1. The van der Waals surface area contributed by atoms with E-state index in [1.54, 1.807) is 18.2 Å². The van der Waals surface area contributed by atoms with Crippen LogP contribution in [0.4, 0.5) is 0 Å². The zero-order valence-electron chi connectivity index (χ0n) is 10.5. The van der Waals surface area contributed by atoms with Crippen molar-refractivity contribution in [2.45, 2.75) is 19.9 Å². The zero-order chi connectivity index (χ0) is 13.8. The minimum Gasteiger partial charge on any atom is -0.438 e. The van der Waals surface area contributed by atoms with Crippen LogP contribution in [0.15, 0.2) is 34.8 Å². The van der Waals surface area contributed by atoms with Gasteiger partial charge in [-0.25, -0.2) is 4.98 Å². The minimum atomic E-state index is 0.466. The van der Waals surface area contributed by atoms with Gasteiger partial charge in [0.15, 0.2) is 0 Å². The summed E-state index contributed by atoms with van der Waals surface area (Å²) in [6, 6.07) is 9.19. The van der Waals surface area contributed by atoms with E-state index in [-0.39, 0.29) is 0 Å². The number of ether oxygens (including phenoxy) is 1. The normalized spacial score (nSPS) is 10.5. The molecule has 0 spiro atoms. The molecule has 2 N–H and O–H groups in total. The van der Waals surface area contributed by atoms with Gasteiger partial charge in [0.25, 0.3) is 0 Å². The van der Waals surface area contributed by atoms with Gasteiger partial charge in [0.2, 0.25) is 5.88 Å². The van der Waals surface area contributed by atoms with E-state index >= 15 is 0 Å². The Kier molecular flexibility index (Phi) is 4.80. The highest BCUT2D eigenvalue weighted by molar-refractivity contribution is 9.10. The Hall–Kier alpha value is -1.10. The van der Waals surface area contributed by atoms with E-state index in [1.165, 1.54) is 0 Å². The predicted molar refractivity (Wildman–Crippen MR) is 80.7 cm³/mol. The largest absolute Gasteiger partial charge is 0.438 e. The summed E-state index contributed by atoms with van der Waals surface area (Å²) in [5.41, 5.74) is 7.64. The molecule has 0 atom stereocenters. The van der Waals surface area contributed by atoms with E-state index in [4.69, 9.17) is 22.1 Å². The smallest absolute Gasteiger partial charge is 0.219 e. The molecule has 1 aromatic heterocycles. The van der Waals surface area contributed by atoms with Crippen LogP contribution in [0.1, 0.15) is 18.2 Å². The molecule has 0 unspecified atom stereocenters. The standard InChI is InChI=1S/C14H14BrClN2O/c1-2-11-5-9(8-17)6-14(18-11)19-13-4-3-10(16)7-12(13)15/h3-7H,2,8,17H2,1H3. The summed E-state index contributed by atoms with van der Waals surface area (Å²) in [7, 11) is 0. The fourth-order valence-electron chi connectivity index (χ4n) is 1.64. The van der Waals surface area contributed by atoms with Crippen molar-refractivity contribution >= 4 is 27.5 Å². The van der Waals surface area contributed by atoms with Crippen LogP contribution in [0.25, 0.3) is 0 Å². The number of pyridine rings is 1. The Morgan fingerprint density at radius 1 is 1.32 bits per heavy atom. The van der Waals surface area contributed by atoms with Gasteiger partial charge in [0.05, 0.1) is 4.47 Å². The molecule has 19 heavy (non-hydrogen) atoms. The first-order valence-corrected chi connectivity index (χ1v) is 7.12. The second-order valence-electron chi connectivity index (χ2n) is 4.04. The Balaban J connectivity index is 2.31. The summed E-state index contributed by atoms with van der Waals surface area (Å²) in [6.45, 7) is 2.51. The van der Waals surface area contributed by atoms with Crippen LogP contribution in [0.3, 0.4) is 0 Å². The van der Waals surface area contributed by atoms with Gasteiger partial charge >= 0.3 is 0 Å². The summed E-state index contributed by atoms with van der Waals surface area (Å²) in [4.78, 5) is 4.43. The molecule has 0 fully saturated rings. The van der Waals surface area contributed by atoms with Gasteiger partial charge < -0.3 is 10.5 Å². The SMILES string of the molecule is CCc1cc(CN)cc(Oc2ccc(Cl)cc2Br)n1. The number of rotatable bonds is 4. The van der Waals surface area contributed by atoms with Crippen LogP contribution in [-0.4, -0.2) is 4.98 Å². The molecular weight excluding hydrogens is 328 g/mol. The summed E-state index contributed by atoms with van der Waals surface area (Å²) in [5, 5.41) is 0.650. The van der Waals surface area contributed by atoms with Crippen molar-refractivity contribution in [3.8, 4) is 11.6 Å². The average molecular weight is 342 g/mol. The Morgan fingerprint density at radius 2 is 2.11 bits per heavy atom. The molecule has 0 aliphatic rings. The lowest BCUT2D eigenvalue weighted by Crippen LogP contribution is -2.01. The van der Waals surface area contributed by atoms with Gasteiger partial charge in [0, 0.05) is 23.3 Å². The van der Waals surface area contributed by atoms with Gasteiger partial charge in [-0.05, 0) is 52.2 Å². The molecule has 0 amide bonds. The number of hydrogen-bond donors (Lipinski definition) is 1. The molecule has 100 valence electrons. The highest BCUT2D eigenvalue weighted by Gasteiger charge is 2.07. The first-order valence-electron chi connectivity index (χ1n) is 5.95. The van der Waals surface area contributed by atoms with Crippen LogP contribution in [0, 0.1) is 0 Å². The van der Waals surface area contributed by atoms with Crippen molar-refractivity contribution in [3.63, 3.8) is 0 Å². The average Bonchev–Trinajstić information content (AvgIpc) is 2.41. The van der Waals surface area contributed by atoms with Gasteiger partial charge in [-0.3, -0.25) is 0 Å². The van der Waals surface area contributed by atoms with E-state index in [0.29, 0.717) is 23.2 Å². The fraction of sp³-hybridized carbons (Fsp3) is 0.214. The zero-order valence-corrected chi connectivity index (χ0v) is 12.8. The Bertz CT molecular complexity index is 567. The predicted octanol–water partition coefficient (Wildman–Crippen LogP) is 4.31. The van der Waals surface area contributed by atoms with Crippen LogP contribution in [0.2, 0.25) is 5.02 Å². The molecule has 0 aliphatic carbocycles. The van der Waals surface area contributed by atoms with Crippen LogP contribution >= 0.6 is 27.5 Å². The van der Waals surface area contributed by atoms with Crippen molar-refractivity contribution in [2.75, 3.05) is 0 Å². The highest BCUT2D eigenvalue weighted by Crippen LogP contribution is 2.31. The first-order chi connectivity index (χ1) is 9.12. The Labute approximate surface area is 125 Å². The third kappa shape index (κ3) is 3.69. The molecule has 0 aliphatic heterocycles. The summed E-state index contributed by atoms with van der Waals surface area (Å²) in [6.07, 6.45) is 0.839. The second-order valence-corrected chi connectivity index (χ2v) is 5.33. The quantitative estimate of drug-likeness (QED) is 0.901. The number of benzene rings is 1. The van der Waals surface area contributed by atoms with Gasteiger partial charge in [-0.15, -0.1) is 0 Å². The molecule has 1 aromatic carbocycles. The third-order valence-electron chi connectivity index (χ3n) is 2.62. The second kappa shape index (κ2) is 6.37. The molecule has 0 radical (unpaired) electrons. The first kappa shape index (κ1) is 14.3. The molecule has 1 heterocycles. The van der Waals surface area contributed by atoms with Gasteiger partial charge in [-0.2, -0.15) is 0 Å². The number of nitrogens with two attached hydrogens (primary N) is 1. The molecule has 0 saturated carbocycles. The maximum absolute atomic E-state index is 5.90. The van der Waals surface area contributed by atoms with E-state index < -0.39 is 0 Å².